The number of benzene rings is 1. The molecule has 0 radical (unpaired) electrons. The summed E-state index contributed by atoms with van der Waals surface area (Å²) in [5.41, 5.74) is 1.31. The van der Waals surface area contributed by atoms with Gasteiger partial charge in [0, 0.05) is 23.5 Å². The molecule has 4 heteroatoms. The van der Waals surface area contributed by atoms with E-state index >= 15 is 0 Å². The second kappa shape index (κ2) is 7.28. The van der Waals surface area contributed by atoms with Crippen LogP contribution >= 0.6 is 11.6 Å². The van der Waals surface area contributed by atoms with Crippen molar-refractivity contribution in [2.75, 3.05) is 20.6 Å². The van der Waals surface area contributed by atoms with Gasteiger partial charge in [0.25, 0.3) is 0 Å². The van der Waals surface area contributed by atoms with Crippen LogP contribution < -0.4 is 5.32 Å². The summed E-state index contributed by atoms with van der Waals surface area (Å²) >= 11 is 5.86. The van der Waals surface area contributed by atoms with Crippen LogP contribution in [0.3, 0.4) is 0 Å². The average molecular weight is 309 g/mol. The molecule has 0 unspecified atom stereocenters. The monoisotopic (exact) mass is 308 g/mol. The van der Waals surface area contributed by atoms with E-state index in [1.165, 1.54) is 25.7 Å². The lowest BCUT2D eigenvalue weighted by Crippen LogP contribution is -2.50. The Bertz CT molecular complexity index is 464. The van der Waals surface area contributed by atoms with E-state index in [2.05, 4.69) is 24.3 Å². The number of carbonyl (C=O) groups is 1. The normalized spacial score (nSPS) is 17.1. The molecule has 0 atom stereocenters. The van der Waals surface area contributed by atoms with E-state index in [0.29, 0.717) is 6.42 Å². The summed E-state index contributed by atoms with van der Waals surface area (Å²) in [7, 11) is 4.23. The number of nitrogens with zero attached hydrogens (tertiary/aromatic N) is 1. The van der Waals surface area contributed by atoms with Gasteiger partial charge in [0.1, 0.15) is 0 Å². The van der Waals surface area contributed by atoms with Gasteiger partial charge < -0.3 is 10.2 Å². The number of likely N-dealkylation sites (N-methyl/N-ethyl adjacent to an activating group) is 1. The highest BCUT2D eigenvalue weighted by molar-refractivity contribution is 6.30. The van der Waals surface area contributed by atoms with Crippen molar-refractivity contribution in [3.8, 4) is 0 Å². The second-order valence-corrected chi connectivity index (χ2v) is 6.67. The first-order valence-corrected chi connectivity index (χ1v) is 8.08. The minimum atomic E-state index is 0.137. The van der Waals surface area contributed by atoms with Crippen molar-refractivity contribution in [1.29, 1.82) is 0 Å². The fourth-order valence-electron chi connectivity index (χ4n) is 3.08. The van der Waals surface area contributed by atoms with E-state index in [1.54, 1.807) is 0 Å². The lowest BCUT2D eigenvalue weighted by Gasteiger charge is -2.36. The van der Waals surface area contributed by atoms with Crippen LogP contribution in [0.2, 0.25) is 5.02 Å². The molecule has 1 aliphatic carbocycles. The van der Waals surface area contributed by atoms with Crippen LogP contribution in [0.25, 0.3) is 0 Å². The topological polar surface area (TPSA) is 32.3 Å². The number of halogens is 1. The van der Waals surface area contributed by atoms with Crippen LogP contribution in [0.5, 0.6) is 0 Å². The molecular formula is C17H25ClN2O. The van der Waals surface area contributed by atoms with Crippen molar-refractivity contribution in [1.82, 2.24) is 10.2 Å². The third kappa shape index (κ3) is 4.45. The molecule has 0 saturated heterocycles. The molecule has 1 amide bonds. The standard InChI is InChI=1S/C17H25ClN2O/c1-20(2)17(11-3-4-12-17)13-19-16(21)10-7-14-5-8-15(18)9-6-14/h5-6,8-9H,3-4,7,10-13H2,1-2H3,(H,19,21). The molecule has 1 aromatic carbocycles. The largest absolute Gasteiger partial charge is 0.354 e. The zero-order chi connectivity index (χ0) is 15.3. The Labute approximate surface area is 132 Å². The summed E-state index contributed by atoms with van der Waals surface area (Å²) in [6.07, 6.45) is 6.18. The second-order valence-electron chi connectivity index (χ2n) is 6.23. The Morgan fingerprint density at radius 1 is 1.24 bits per heavy atom. The highest BCUT2D eigenvalue weighted by Crippen LogP contribution is 2.33. The van der Waals surface area contributed by atoms with Gasteiger partial charge in [-0.05, 0) is 51.1 Å². The van der Waals surface area contributed by atoms with E-state index in [-0.39, 0.29) is 11.4 Å². The summed E-state index contributed by atoms with van der Waals surface area (Å²) < 4.78 is 0. The average Bonchev–Trinajstić information content (AvgIpc) is 2.95. The number of hydrogen-bond acceptors (Lipinski definition) is 2. The number of rotatable bonds is 6. The molecule has 1 fully saturated rings. The fraction of sp³-hybridized carbons (Fsp3) is 0.588. The summed E-state index contributed by atoms with van der Waals surface area (Å²) in [5.74, 6) is 0.137. The molecule has 0 heterocycles. The van der Waals surface area contributed by atoms with E-state index in [1.807, 2.05) is 24.3 Å². The van der Waals surface area contributed by atoms with Crippen molar-refractivity contribution >= 4 is 17.5 Å². The van der Waals surface area contributed by atoms with Gasteiger partial charge in [0.2, 0.25) is 5.91 Å². The van der Waals surface area contributed by atoms with E-state index in [0.717, 1.165) is 23.6 Å². The van der Waals surface area contributed by atoms with Gasteiger partial charge in [-0.1, -0.05) is 36.6 Å². The predicted octanol–water partition coefficient (Wildman–Crippen LogP) is 3.26. The fourth-order valence-corrected chi connectivity index (χ4v) is 3.20. The third-order valence-electron chi connectivity index (χ3n) is 4.65. The molecule has 0 aromatic heterocycles. The predicted molar refractivity (Wildman–Crippen MR) is 87.7 cm³/mol. The first-order chi connectivity index (χ1) is 10.0. The molecule has 0 spiro atoms. The highest BCUT2D eigenvalue weighted by Gasteiger charge is 2.35. The number of amides is 1. The van der Waals surface area contributed by atoms with Crippen molar-refractivity contribution in [3.05, 3.63) is 34.9 Å². The van der Waals surface area contributed by atoms with E-state index in [9.17, 15) is 4.79 Å². The van der Waals surface area contributed by atoms with E-state index in [4.69, 9.17) is 11.6 Å². The van der Waals surface area contributed by atoms with Gasteiger partial charge in [-0.15, -0.1) is 0 Å². The molecule has 1 aromatic rings. The first kappa shape index (κ1) is 16.3. The molecule has 0 bridgehead atoms. The summed E-state index contributed by atoms with van der Waals surface area (Å²) in [5, 5.41) is 3.86. The highest BCUT2D eigenvalue weighted by atomic mass is 35.5. The smallest absolute Gasteiger partial charge is 0.220 e. The molecule has 2 rings (SSSR count). The van der Waals surface area contributed by atoms with Crippen molar-refractivity contribution in [2.24, 2.45) is 0 Å². The molecule has 0 aliphatic heterocycles. The molecule has 21 heavy (non-hydrogen) atoms. The van der Waals surface area contributed by atoms with E-state index < -0.39 is 0 Å². The Morgan fingerprint density at radius 2 is 1.86 bits per heavy atom. The van der Waals surface area contributed by atoms with Crippen LogP contribution in [0, 0.1) is 0 Å². The van der Waals surface area contributed by atoms with Crippen LogP contribution in [0.15, 0.2) is 24.3 Å². The van der Waals surface area contributed by atoms with Gasteiger partial charge in [-0.3, -0.25) is 4.79 Å². The maximum absolute atomic E-state index is 12.0. The summed E-state index contributed by atoms with van der Waals surface area (Å²) in [6.45, 7) is 0.763. The Balaban J connectivity index is 1.78. The zero-order valence-electron chi connectivity index (χ0n) is 13.0. The Hall–Kier alpha value is -1.06. The molecule has 1 aliphatic rings. The lowest BCUT2D eigenvalue weighted by atomic mass is 9.96. The minimum absolute atomic E-state index is 0.137. The lowest BCUT2D eigenvalue weighted by molar-refractivity contribution is -0.121. The summed E-state index contributed by atoms with van der Waals surface area (Å²) in [4.78, 5) is 14.3. The summed E-state index contributed by atoms with van der Waals surface area (Å²) in [6, 6.07) is 7.70. The third-order valence-corrected chi connectivity index (χ3v) is 4.90. The quantitative estimate of drug-likeness (QED) is 0.875. The van der Waals surface area contributed by atoms with Gasteiger partial charge in [0.15, 0.2) is 0 Å². The maximum Gasteiger partial charge on any atom is 0.220 e. The number of nitrogens with one attached hydrogen (secondary N) is 1. The first-order valence-electron chi connectivity index (χ1n) is 7.70. The van der Waals surface area contributed by atoms with Crippen LogP contribution in [-0.4, -0.2) is 37.0 Å². The van der Waals surface area contributed by atoms with Gasteiger partial charge in [0.05, 0.1) is 0 Å². The van der Waals surface area contributed by atoms with Crippen LogP contribution in [0.1, 0.15) is 37.7 Å². The zero-order valence-corrected chi connectivity index (χ0v) is 13.7. The number of aryl methyl sites for hydroxylation is 1. The Morgan fingerprint density at radius 3 is 2.43 bits per heavy atom. The van der Waals surface area contributed by atoms with Crippen molar-refractivity contribution in [3.63, 3.8) is 0 Å². The van der Waals surface area contributed by atoms with Crippen molar-refractivity contribution in [2.45, 2.75) is 44.1 Å². The number of hydrogen-bond donors (Lipinski definition) is 1. The Kier molecular flexibility index (Phi) is 5.65. The molecule has 1 saturated carbocycles. The molecule has 1 N–H and O–H groups in total. The van der Waals surface area contributed by atoms with Crippen LogP contribution in [-0.2, 0) is 11.2 Å². The van der Waals surface area contributed by atoms with Gasteiger partial charge in [-0.2, -0.15) is 0 Å². The maximum atomic E-state index is 12.0. The van der Waals surface area contributed by atoms with Crippen molar-refractivity contribution < 1.29 is 4.79 Å². The van der Waals surface area contributed by atoms with Gasteiger partial charge >= 0.3 is 0 Å². The molecule has 3 nitrogen and oxygen atoms in total. The van der Waals surface area contributed by atoms with Crippen LogP contribution in [0.4, 0.5) is 0 Å². The molecular weight excluding hydrogens is 284 g/mol. The number of carbonyl (C=O) groups excluding carboxylic acids is 1. The minimum Gasteiger partial charge on any atom is -0.354 e. The molecule has 116 valence electrons. The SMILES string of the molecule is CN(C)C1(CNC(=O)CCc2ccc(Cl)cc2)CCCC1. The van der Waals surface area contributed by atoms with Gasteiger partial charge in [-0.25, -0.2) is 0 Å².